The number of carbonyl (C=O) groups is 2. The molecule has 1 aromatic carbocycles. The molecule has 1 aromatic rings. The van der Waals surface area contributed by atoms with E-state index in [9.17, 15) is 18.0 Å². The Bertz CT molecular complexity index is 868. The molecular formula is C17H19N3O4S. The van der Waals surface area contributed by atoms with E-state index in [-0.39, 0.29) is 34.6 Å². The van der Waals surface area contributed by atoms with E-state index in [0.717, 1.165) is 5.56 Å². The maximum absolute atomic E-state index is 12.9. The number of nitrogens with zero attached hydrogens (tertiary/aromatic N) is 1. The molecule has 3 aliphatic rings. The van der Waals surface area contributed by atoms with Gasteiger partial charge >= 0.3 is 0 Å². The van der Waals surface area contributed by atoms with Crippen LogP contribution < -0.4 is 10.6 Å². The summed E-state index contributed by atoms with van der Waals surface area (Å²) < 4.78 is 27.2. The molecule has 1 aliphatic carbocycles. The molecule has 1 saturated carbocycles. The summed E-state index contributed by atoms with van der Waals surface area (Å²) in [5, 5.41) is 5.60. The van der Waals surface area contributed by atoms with Crippen LogP contribution in [-0.2, 0) is 26.0 Å². The van der Waals surface area contributed by atoms with Gasteiger partial charge in [-0.3, -0.25) is 9.59 Å². The fourth-order valence-corrected chi connectivity index (χ4v) is 5.36. The highest BCUT2D eigenvalue weighted by Crippen LogP contribution is 2.47. The number of aryl methyl sites for hydroxylation is 1. The van der Waals surface area contributed by atoms with Gasteiger partial charge in [-0.25, -0.2) is 8.42 Å². The van der Waals surface area contributed by atoms with E-state index in [1.54, 1.807) is 18.2 Å². The molecule has 132 valence electrons. The summed E-state index contributed by atoms with van der Waals surface area (Å²) in [7, 11) is -3.56. The van der Waals surface area contributed by atoms with Crippen molar-refractivity contribution >= 4 is 27.5 Å². The van der Waals surface area contributed by atoms with E-state index >= 15 is 0 Å². The SMILES string of the molecule is C=CC(=O)NC1C2CN(S(=O)(=O)c3ccc4c(c3)CCC(=O)N4)CC21. The lowest BCUT2D eigenvalue weighted by Gasteiger charge is -2.22. The average molecular weight is 361 g/mol. The molecule has 2 fully saturated rings. The zero-order valence-electron chi connectivity index (χ0n) is 13.6. The minimum atomic E-state index is -3.56. The number of nitrogens with one attached hydrogen (secondary N) is 2. The largest absolute Gasteiger partial charge is 0.349 e. The Morgan fingerprint density at radius 2 is 2.00 bits per heavy atom. The number of sulfonamides is 1. The minimum absolute atomic E-state index is 0.0460. The van der Waals surface area contributed by atoms with Crippen molar-refractivity contribution < 1.29 is 18.0 Å². The molecule has 7 nitrogen and oxygen atoms in total. The van der Waals surface area contributed by atoms with Crippen LogP contribution in [-0.4, -0.2) is 43.7 Å². The van der Waals surface area contributed by atoms with E-state index in [2.05, 4.69) is 17.2 Å². The summed E-state index contributed by atoms with van der Waals surface area (Å²) in [6.45, 7) is 4.26. The number of rotatable bonds is 4. The van der Waals surface area contributed by atoms with Crippen LogP contribution in [0.1, 0.15) is 12.0 Å². The Morgan fingerprint density at radius 3 is 2.68 bits per heavy atom. The predicted molar refractivity (Wildman–Crippen MR) is 91.3 cm³/mol. The third kappa shape index (κ3) is 2.75. The highest BCUT2D eigenvalue weighted by Gasteiger charge is 2.58. The summed E-state index contributed by atoms with van der Waals surface area (Å²) in [6.07, 6.45) is 2.15. The average Bonchev–Trinajstić information content (AvgIpc) is 3.03. The van der Waals surface area contributed by atoms with Gasteiger partial charge in [0.1, 0.15) is 0 Å². The lowest BCUT2D eigenvalue weighted by Crippen LogP contribution is -2.37. The van der Waals surface area contributed by atoms with Crippen LogP contribution >= 0.6 is 0 Å². The molecule has 2 atom stereocenters. The Kier molecular flexibility index (Phi) is 3.69. The van der Waals surface area contributed by atoms with E-state index < -0.39 is 10.0 Å². The van der Waals surface area contributed by atoms with Crippen molar-refractivity contribution in [3.05, 3.63) is 36.4 Å². The highest BCUT2D eigenvalue weighted by molar-refractivity contribution is 7.89. The van der Waals surface area contributed by atoms with Crippen LogP contribution in [0.25, 0.3) is 0 Å². The van der Waals surface area contributed by atoms with Crippen LogP contribution in [0.2, 0.25) is 0 Å². The Morgan fingerprint density at radius 1 is 1.28 bits per heavy atom. The van der Waals surface area contributed by atoms with Gasteiger partial charge in [0.2, 0.25) is 21.8 Å². The fourth-order valence-electron chi connectivity index (χ4n) is 3.79. The Labute approximate surface area is 146 Å². The summed E-state index contributed by atoms with van der Waals surface area (Å²) >= 11 is 0. The first-order valence-corrected chi connectivity index (χ1v) is 9.70. The van der Waals surface area contributed by atoms with E-state index in [1.807, 2.05) is 0 Å². The fraction of sp³-hybridized carbons (Fsp3) is 0.412. The number of carbonyl (C=O) groups excluding carboxylic acids is 2. The maximum atomic E-state index is 12.9. The normalized spacial score (nSPS) is 27.8. The minimum Gasteiger partial charge on any atom is -0.349 e. The molecule has 0 radical (unpaired) electrons. The first-order valence-electron chi connectivity index (χ1n) is 8.26. The van der Waals surface area contributed by atoms with Gasteiger partial charge < -0.3 is 10.6 Å². The molecule has 0 aromatic heterocycles. The van der Waals surface area contributed by atoms with Crippen LogP contribution in [0.5, 0.6) is 0 Å². The second-order valence-corrected chi connectivity index (χ2v) is 8.69. The molecule has 4 rings (SSSR count). The van der Waals surface area contributed by atoms with Crippen molar-refractivity contribution in [1.29, 1.82) is 0 Å². The zero-order valence-corrected chi connectivity index (χ0v) is 14.4. The van der Waals surface area contributed by atoms with E-state index in [0.29, 0.717) is 31.6 Å². The molecule has 2 aliphatic heterocycles. The first kappa shape index (κ1) is 16.3. The Hall–Kier alpha value is -2.19. The molecular weight excluding hydrogens is 342 g/mol. The standard InChI is InChI=1S/C17H19N3O4S/c1-2-15(21)19-17-12-8-20(9-13(12)17)25(23,24)11-4-5-14-10(7-11)3-6-16(22)18-14/h2,4-5,7,12-13,17H,1,3,6,8-9H2,(H,18,22)(H,19,21). The molecule has 0 bridgehead atoms. The van der Waals surface area contributed by atoms with Gasteiger partial charge in [0.25, 0.3) is 0 Å². The smallest absolute Gasteiger partial charge is 0.243 e. The van der Waals surface area contributed by atoms with Gasteiger partial charge in [0.05, 0.1) is 4.90 Å². The van der Waals surface area contributed by atoms with Gasteiger partial charge in [-0.15, -0.1) is 0 Å². The van der Waals surface area contributed by atoms with E-state index in [4.69, 9.17) is 0 Å². The highest BCUT2D eigenvalue weighted by atomic mass is 32.2. The summed E-state index contributed by atoms with van der Waals surface area (Å²) in [4.78, 5) is 23.0. The number of piperidine rings is 1. The molecule has 2 amide bonds. The van der Waals surface area contributed by atoms with Crippen molar-refractivity contribution in [3.63, 3.8) is 0 Å². The van der Waals surface area contributed by atoms with Crippen LogP contribution in [0.15, 0.2) is 35.7 Å². The van der Waals surface area contributed by atoms with Crippen molar-refractivity contribution in [2.45, 2.75) is 23.8 Å². The predicted octanol–water partition coefficient (Wildman–Crippen LogP) is 0.492. The molecule has 1 saturated heterocycles. The van der Waals surface area contributed by atoms with Gasteiger partial charge in [0.15, 0.2) is 0 Å². The van der Waals surface area contributed by atoms with Crippen molar-refractivity contribution in [2.24, 2.45) is 11.8 Å². The van der Waals surface area contributed by atoms with E-state index in [1.165, 1.54) is 10.4 Å². The van der Waals surface area contributed by atoms with Gasteiger partial charge in [-0.05, 0) is 48.1 Å². The van der Waals surface area contributed by atoms with Crippen LogP contribution in [0.3, 0.4) is 0 Å². The maximum Gasteiger partial charge on any atom is 0.243 e. The number of amides is 2. The number of hydrogen-bond donors (Lipinski definition) is 2. The van der Waals surface area contributed by atoms with Crippen LogP contribution in [0, 0.1) is 11.8 Å². The lowest BCUT2D eigenvalue weighted by molar-refractivity contribution is -0.117. The number of fused-ring (bicyclic) bond motifs is 2. The second kappa shape index (κ2) is 5.67. The quantitative estimate of drug-likeness (QED) is 0.763. The van der Waals surface area contributed by atoms with Crippen molar-refractivity contribution in [2.75, 3.05) is 18.4 Å². The molecule has 8 heteroatoms. The topological polar surface area (TPSA) is 95.6 Å². The zero-order chi connectivity index (χ0) is 17.8. The second-order valence-electron chi connectivity index (χ2n) is 6.76. The third-order valence-corrected chi connectivity index (χ3v) is 7.09. The Balaban J connectivity index is 1.48. The third-order valence-electron chi connectivity index (χ3n) is 5.26. The first-order chi connectivity index (χ1) is 11.9. The van der Waals surface area contributed by atoms with Crippen molar-refractivity contribution in [3.8, 4) is 0 Å². The van der Waals surface area contributed by atoms with Crippen LogP contribution in [0.4, 0.5) is 5.69 Å². The molecule has 2 N–H and O–H groups in total. The van der Waals surface area contributed by atoms with Gasteiger partial charge in [-0.2, -0.15) is 4.31 Å². The molecule has 2 unspecified atom stereocenters. The summed E-state index contributed by atoms with van der Waals surface area (Å²) in [5.41, 5.74) is 1.54. The number of anilines is 1. The lowest BCUT2D eigenvalue weighted by atomic mass is 10.0. The van der Waals surface area contributed by atoms with Gasteiger partial charge in [0, 0.05) is 31.2 Å². The summed E-state index contributed by atoms with van der Waals surface area (Å²) in [6, 6.07) is 4.91. The molecule has 2 heterocycles. The van der Waals surface area contributed by atoms with Gasteiger partial charge in [-0.1, -0.05) is 6.58 Å². The number of benzene rings is 1. The number of hydrogen-bond acceptors (Lipinski definition) is 4. The summed E-state index contributed by atoms with van der Waals surface area (Å²) in [5.74, 6) is 0.0899. The molecule has 0 spiro atoms. The van der Waals surface area contributed by atoms with Crippen molar-refractivity contribution in [1.82, 2.24) is 9.62 Å². The monoisotopic (exact) mass is 361 g/mol. The molecule has 25 heavy (non-hydrogen) atoms.